The number of aryl methyl sites for hydroxylation is 2. The molecule has 0 saturated carbocycles. The van der Waals surface area contributed by atoms with Gasteiger partial charge in [-0.25, -0.2) is 0 Å². The van der Waals surface area contributed by atoms with E-state index in [1.54, 1.807) is 6.34 Å². The van der Waals surface area contributed by atoms with Gasteiger partial charge in [0.1, 0.15) is 0 Å². The highest BCUT2D eigenvalue weighted by Crippen LogP contribution is 2.31. The molecule has 0 bridgehead atoms. The van der Waals surface area contributed by atoms with E-state index in [9.17, 15) is 0 Å². The molecule has 1 aromatic heterocycles. The van der Waals surface area contributed by atoms with Crippen molar-refractivity contribution in [1.82, 2.24) is 5.32 Å². The quantitative estimate of drug-likeness (QED) is 0.832. The van der Waals surface area contributed by atoms with E-state index in [0.717, 1.165) is 12.8 Å². The van der Waals surface area contributed by atoms with E-state index in [2.05, 4.69) is 36.3 Å². The van der Waals surface area contributed by atoms with Crippen LogP contribution in [-0.2, 0) is 12.8 Å². The average Bonchev–Trinajstić information content (AvgIpc) is 2.73. The van der Waals surface area contributed by atoms with Crippen LogP contribution in [0.4, 0.5) is 0 Å². The lowest BCUT2D eigenvalue weighted by molar-refractivity contribution is 0.871. The van der Waals surface area contributed by atoms with Crippen molar-refractivity contribution < 1.29 is 0 Å². The largest absolute Gasteiger partial charge is 0.353 e. The van der Waals surface area contributed by atoms with E-state index in [4.69, 9.17) is 0 Å². The van der Waals surface area contributed by atoms with Gasteiger partial charge >= 0.3 is 0 Å². The summed E-state index contributed by atoms with van der Waals surface area (Å²) in [4.78, 5) is 7.37. The molecule has 80 valence electrons. The molecule has 1 atom stereocenters. The van der Waals surface area contributed by atoms with Crippen LogP contribution in [0.2, 0.25) is 0 Å². The van der Waals surface area contributed by atoms with Crippen LogP contribution in [0.3, 0.4) is 0 Å². The molecule has 2 nitrogen and oxygen atoms in total. The summed E-state index contributed by atoms with van der Waals surface area (Å²) in [6.45, 7) is 4.42. The first kappa shape index (κ1) is 10.4. The molecule has 2 heterocycles. The third-order valence-electron chi connectivity index (χ3n) is 2.57. The van der Waals surface area contributed by atoms with Crippen LogP contribution in [-0.4, -0.2) is 6.34 Å². The maximum Gasteiger partial charge on any atom is 0.0975 e. The molecule has 0 amide bonds. The number of thiophene rings is 1. The number of aliphatic imine (C=N–C) groups is 1. The van der Waals surface area contributed by atoms with Crippen LogP contribution >= 0.6 is 11.3 Å². The summed E-state index contributed by atoms with van der Waals surface area (Å²) in [6, 6.07) is 2.53. The minimum Gasteiger partial charge on any atom is -0.353 e. The summed E-state index contributed by atoms with van der Waals surface area (Å²) in [7, 11) is 0. The van der Waals surface area contributed by atoms with Gasteiger partial charge in [0.25, 0.3) is 0 Å². The van der Waals surface area contributed by atoms with Gasteiger partial charge in [-0.3, -0.25) is 4.99 Å². The second kappa shape index (κ2) is 4.62. The summed E-state index contributed by atoms with van der Waals surface area (Å²) in [5.41, 5.74) is 1.38. The highest BCUT2D eigenvalue weighted by molar-refractivity contribution is 7.12. The molecule has 1 aliphatic heterocycles. The first-order valence-corrected chi connectivity index (χ1v) is 6.22. The normalized spacial score (nSPS) is 19.2. The predicted octanol–water partition coefficient (Wildman–Crippen LogP) is 3.06. The smallest absolute Gasteiger partial charge is 0.0975 e. The molecule has 1 aromatic rings. The van der Waals surface area contributed by atoms with Crippen molar-refractivity contribution in [2.24, 2.45) is 4.99 Å². The first-order chi connectivity index (χ1) is 7.35. The predicted molar refractivity (Wildman–Crippen MR) is 66.6 cm³/mol. The maximum atomic E-state index is 4.44. The first-order valence-electron chi connectivity index (χ1n) is 5.41. The van der Waals surface area contributed by atoms with Crippen LogP contribution in [0, 0.1) is 0 Å². The van der Waals surface area contributed by atoms with Crippen molar-refractivity contribution in [2.75, 3.05) is 0 Å². The zero-order valence-electron chi connectivity index (χ0n) is 9.16. The topological polar surface area (TPSA) is 24.4 Å². The third-order valence-corrected chi connectivity index (χ3v) is 4.00. The third kappa shape index (κ3) is 2.12. The molecular weight excluding hydrogens is 204 g/mol. The molecule has 2 rings (SSSR count). The van der Waals surface area contributed by atoms with Crippen LogP contribution < -0.4 is 5.32 Å². The standard InChI is InChI=1S/C12H16N2S/c1-3-9-7-10(12(4-2)15-9)11-5-6-13-8-14-11/h5-8,11H,3-4H2,1-2H3,(H,13,14). The Hall–Kier alpha value is -1.09. The maximum absolute atomic E-state index is 4.44. The number of nitrogens with one attached hydrogen (secondary N) is 1. The monoisotopic (exact) mass is 220 g/mol. The van der Waals surface area contributed by atoms with E-state index in [-0.39, 0.29) is 6.04 Å². The Morgan fingerprint density at radius 3 is 2.87 bits per heavy atom. The second-order valence-corrected chi connectivity index (χ2v) is 4.77. The fourth-order valence-corrected chi connectivity index (χ4v) is 2.84. The molecule has 0 aliphatic carbocycles. The lowest BCUT2D eigenvalue weighted by Crippen LogP contribution is -2.08. The number of nitrogens with zero attached hydrogens (tertiary/aromatic N) is 1. The fraction of sp³-hybridized carbons (Fsp3) is 0.417. The van der Waals surface area contributed by atoms with Crippen LogP contribution in [0.1, 0.15) is 35.2 Å². The van der Waals surface area contributed by atoms with Crippen molar-refractivity contribution in [3.63, 3.8) is 0 Å². The lowest BCUT2D eigenvalue weighted by atomic mass is 10.1. The molecular formula is C12H16N2S. The Kier molecular flexibility index (Phi) is 3.21. The average molecular weight is 220 g/mol. The molecule has 0 spiro atoms. The molecule has 0 saturated heterocycles. The van der Waals surface area contributed by atoms with Crippen LogP contribution in [0.25, 0.3) is 0 Å². The lowest BCUT2D eigenvalue weighted by Gasteiger charge is -2.11. The molecule has 0 radical (unpaired) electrons. The molecule has 1 N–H and O–H groups in total. The highest BCUT2D eigenvalue weighted by atomic mass is 32.1. The Labute approximate surface area is 94.7 Å². The Morgan fingerprint density at radius 1 is 1.40 bits per heavy atom. The van der Waals surface area contributed by atoms with Gasteiger partial charge in [-0.2, -0.15) is 0 Å². The Morgan fingerprint density at radius 2 is 2.27 bits per heavy atom. The fourth-order valence-electron chi connectivity index (χ4n) is 1.75. The van der Waals surface area contributed by atoms with Crippen molar-refractivity contribution in [1.29, 1.82) is 0 Å². The zero-order valence-corrected chi connectivity index (χ0v) is 9.97. The van der Waals surface area contributed by atoms with Gasteiger partial charge in [0, 0.05) is 16.0 Å². The van der Waals surface area contributed by atoms with Gasteiger partial charge in [-0.15, -0.1) is 11.3 Å². The van der Waals surface area contributed by atoms with Crippen LogP contribution in [0.5, 0.6) is 0 Å². The van der Waals surface area contributed by atoms with Crippen molar-refractivity contribution >= 4 is 17.7 Å². The molecule has 0 aromatic carbocycles. The van der Waals surface area contributed by atoms with E-state index in [1.807, 2.05) is 17.5 Å². The highest BCUT2D eigenvalue weighted by Gasteiger charge is 2.14. The summed E-state index contributed by atoms with van der Waals surface area (Å²) in [5, 5.41) is 2.97. The molecule has 3 heteroatoms. The number of hydrogen-bond donors (Lipinski definition) is 1. The van der Waals surface area contributed by atoms with Crippen molar-refractivity contribution in [3.05, 3.63) is 33.7 Å². The van der Waals surface area contributed by atoms with E-state index in [0.29, 0.717) is 0 Å². The molecule has 1 aliphatic rings. The summed E-state index contributed by atoms with van der Waals surface area (Å²) in [5.74, 6) is 0. The van der Waals surface area contributed by atoms with E-state index >= 15 is 0 Å². The summed E-state index contributed by atoms with van der Waals surface area (Å²) < 4.78 is 0. The van der Waals surface area contributed by atoms with Crippen LogP contribution in [0.15, 0.2) is 23.3 Å². The van der Waals surface area contributed by atoms with E-state index in [1.165, 1.54) is 15.3 Å². The minimum atomic E-state index is 0.220. The van der Waals surface area contributed by atoms with Gasteiger partial charge in [-0.1, -0.05) is 13.8 Å². The SMILES string of the molecule is CCc1cc(C2C=CNC=N2)c(CC)s1. The van der Waals surface area contributed by atoms with Crippen molar-refractivity contribution in [3.8, 4) is 0 Å². The summed E-state index contributed by atoms with van der Waals surface area (Å²) >= 11 is 1.92. The second-order valence-electron chi connectivity index (χ2n) is 3.55. The Balaban J connectivity index is 2.32. The van der Waals surface area contributed by atoms with Gasteiger partial charge in [0.05, 0.1) is 12.4 Å². The number of hydrogen-bond acceptors (Lipinski definition) is 3. The van der Waals surface area contributed by atoms with Gasteiger partial charge in [0.15, 0.2) is 0 Å². The van der Waals surface area contributed by atoms with Gasteiger partial charge in [-0.05, 0) is 30.5 Å². The zero-order chi connectivity index (χ0) is 10.7. The Bertz CT molecular complexity index is 378. The van der Waals surface area contributed by atoms with Gasteiger partial charge < -0.3 is 5.32 Å². The van der Waals surface area contributed by atoms with E-state index < -0.39 is 0 Å². The molecule has 1 unspecified atom stereocenters. The molecule has 0 fully saturated rings. The minimum absolute atomic E-state index is 0.220. The van der Waals surface area contributed by atoms with Crippen molar-refractivity contribution in [2.45, 2.75) is 32.7 Å². The number of rotatable bonds is 3. The van der Waals surface area contributed by atoms with Gasteiger partial charge in [0.2, 0.25) is 0 Å². The molecule has 15 heavy (non-hydrogen) atoms. The summed E-state index contributed by atoms with van der Waals surface area (Å²) in [6.07, 6.45) is 8.07.